The molecule has 4 rings (SSSR count). The molecule has 3 heterocycles. The molecule has 2 aromatic heterocycles. The molecule has 0 aliphatic carbocycles. The molecule has 0 saturated carbocycles. The van der Waals surface area contributed by atoms with Gasteiger partial charge in [-0.15, -0.1) is 10.2 Å². The maximum Gasteiger partial charge on any atom is 0.244 e. The van der Waals surface area contributed by atoms with Crippen molar-refractivity contribution in [3.63, 3.8) is 0 Å². The number of fused-ring (bicyclic) bond motifs is 1. The fraction of sp³-hybridized carbons (Fsp3) is 0.176. The Kier molecular flexibility index (Phi) is 4.32. The molecule has 1 aromatic carbocycles. The highest BCUT2D eigenvalue weighted by Gasteiger charge is 2.31. The molecule has 0 saturated heterocycles. The number of para-hydroxylation sites is 2. The van der Waals surface area contributed by atoms with E-state index in [2.05, 4.69) is 15.5 Å². The summed E-state index contributed by atoms with van der Waals surface area (Å²) in [7, 11) is 0. The van der Waals surface area contributed by atoms with Crippen LogP contribution in [-0.4, -0.2) is 38.5 Å². The summed E-state index contributed by atoms with van der Waals surface area (Å²) >= 11 is 1.17. The van der Waals surface area contributed by atoms with Crippen LogP contribution in [0.15, 0.2) is 52.2 Å². The number of nitrogens with one attached hydrogen (secondary N) is 1. The Morgan fingerprint density at radius 2 is 2.11 bits per heavy atom. The van der Waals surface area contributed by atoms with Crippen molar-refractivity contribution in [1.82, 2.24) is 14.9 Å². The first kappa shape index (κ1) is 17.2. The zero-order chi connectivity index (χ0) is 19.0. The van der Waals surface area contributed by atoms with E-state index in [0.29, 0.717) is 28.1 Å². The van der Waals surface area contributed by atoms with Crippen molar-refractivity contribution in [2.45, 2.75) is 17.3 Å². The van der Waals surface area contributed by atoms with Crippen molar-refractivity contribution in [2.24, 2.45) is 0 Å². The number of rotatable bonds is 4. The number of carbonyl (C=O) groups is 2. The van der Waals surface area contributed by atoms with Gasteiger partial charge in [0.05, 0.1) is 22.9 Å². The molecule has 0 fully saturated rings. The second-order valence-electron chi connectivity index (χ2n) is 5.90. The predicted molar refractivity (Wildman–Crippen MR) is 101 cm³/mol. The van der Waals surface area contributed by atoms with Crippen molar-refractivity contribution in [3.8, 4) is 11.6 Å². The number of anilines is 2. The number of carbonyl (C=O) groups excluding carboxylic acids is 2. The first-order valence-electron chi connectivity index (χ1n) is 8.16. The first-order chi connectivity index (χ1) is 13.0. The highest BCUT2D eigenvalue weighted by molar-refractivity contribution is 8.00. The highest BCUT2D eigenvalue weighted by atomic mass is 32.2. The molecule has 9 nitrogen and oxygen atoms in total. The molecule has 2 amide bonds. The standard InChI is InChI=1S/C17H16N6O3S/c1-10(27-17-21-20-15(23(17)18)13-7-4-8-26-13)16(25)22-9-14(24)19-11-5-2-3-6-12(11)22/h2-8,10H,9,18H2,1H3,(H,19,24)/t10-/m0/s1. The Bertz CT molecular complexity index is 1000. The van der Waals surface area contributed by atoms with Crippen molar-refractivity contribution in [2.75, 3.05) is 22.6 Å². The van der Waals surface area contributed by atoms with Crippen molar-refractivity contribution >= 4 is 35.0 Å². The molecular formula is C17H16N6O3S. The minimum atomic E-state index is -0.528. The predicted octanol–water partition coefficient (Wildman–Crippen LogP) is 1.72. The molecule has 0 unspecified atom stereocenters. The molecule has 10 heteroatoms. The van der Waals surface area contributed by atoms with Gasteiger partial charge in [0.25, 0.3) is 0 Å². The summed E-state index contributed by atoms with van der Waals surface area (Å²) in [6.07, 6.45) is 1.52. The third-order valence-electron chi connectivity index (χ3n) is 4.07. The van der Waals surface area contributed by atoms with E-state index in [1.165, 1.54) is 27.6 Å². The van der Waals surface area contributed by atoms with Crippen LogP contribution in [0.5, 0.6) is 0 Å². The second kappa shape index (κ2) is 6.80. The lowest BCUT2D eigenvalue weighted by atomic mass is 10.2. The van der Waals surface area contributed by atoms with Crippen LogP contribution in [0.3, 0.4) is 0 Å². The van der Waals surface area contributed by atoms with Gasteiger partial charge in [-0.05, 0) is 31.2 Å². The number of amides is 2. The van der Waals surface area contributed by atoms with E-state index in [-0.39, 0.29) is 18.4 Å². The van der Waals surface area contributed by atoms with Gasteiger partial charge >= 0.3 is 0 Å². The molecule has 0 radical (unpaired) electrons. The Morgan fingerprint density at radius 3 is 2.89 bits per heavy atom. The molecular weight excluding hydrogens is 368 g/mol. The maximum absolute atomic E-state index is 13.0. The maximum atomic E-state index is 13.0. The van der Waals surface area contributed by atoms with Gasteiger partial charge in [-0.1, -0.05) is 23.9 Å². The third-order valence-corrected chi connectivity index (χ3v) is 5.12. The van der Waals surface area contributed by atoms with Gasteiger partial charge in [0.1, 0.15) is 6.54 Å². The highest BCUT2D eigenvalue weighted by Crippen LogP contribution is 2.32. The molecule has 3 aromatic rings. The van der Waals surface area contributed by atoms with Crippen LogP contribution in [-0.2, 0) is 9.59 Å². The van der Waals surface area contributed by atoms with Crippen molar-refractivity contribution in [1.29, 1.82) is 0 Å². The summed E-state index contributed by atoms with van der Waals surface area (Å²) in [6, 6.07) is 10.6. The van der Waals surface area contributed by atoms with Gasteiger partial charge in [0.15, 0.2) is 5.76 Å². The van der Waals surface area contributed by atoms with E-state index in [1.807, 2.05) is 6.07 Å². The summed E-state index contributed by atoms with van der Waals surface area (Å²) in [4.78, 5) is 26.4. The summed E-state index contributed by atoms with van der Waals surface area (Å²) in [5, 5.41) is 10.7. The Balaban J connectivity index is 1.55. The van der Waals surface area contributed by atoms with Gasteiger partial charge in [-0.3, -0.25) is 14.5 Å². The number of aromatic nitrogens is 3. The minimum absolute atomic E-state index is 0.0340. The van der Waals surface area contributed by atoms with E-state index in [1.54, 1.807) is 37.3 Å². The summed E-state index contributed by atoms with van der Waals surface area (Å²) in [6.45, 7) is 1.71. The van der Waals surface area contributed by atoms with Crippen LogP contribution in [0.1, 0.15) is 6.92 Å². The smallest absolute Gasteiger partial charge is 0.244 e. The van der Waals surface area contributed by atoms with Crippen LogP contribution < -0.4 is 16.1 Å². The number of hydrogen-bond donors (Lipinski definition) is 2. The van der Waals surface area contributed by atoms with Crippen molar-refractivity contribution in [3.05, 3.63) is 42.7 Å². The van der Waals surface area contributed by atoms with E-state index in [4.69, 9.17) is 10.3 Å². The second-order valence-corrected chi connectivity index (χ2v) is 7.21. The van der Waals surface area contributed by atoms with Gasteiger partial charge in [-0.25, -0.2) is 4.68 Å². The van der Waals surface area contributed by atoms with E-state index >= 15 is 0 Å². The molecule has 1 atom stereocenters. The molecule has 1 aliphatic rings. The van der Waals surface area contributed by atoms with Crippen LogP contribution in [0, 0.1) is 0 Å². The van der Waals surface area contributed by atoms with Crippen LogP contribution in [0.4, 0.5) is 11.4 Å². The average Bonchev–Trinajstić information content (AvgIpc) is 3.31. The van der Waals surface area contributed by atoms with Crippen LogP contribution in [0.25, 0.3) is 11.6 Å². The van der Waals surface area contributed by atoms with Gasteiger partial charge in [0.2, 0.25) is 22.8 Å². The van der Waals surface area contributed by atoms with E-state index in [9.17, 15) is 9.59 Å². The Hall–Kier alpha value is -3.27. The lowest BCUT2D eigenvalue weighted by molar-refractivity contribution is -0.121. The number of nitrogens with zero attached hydrogens (tertiary/aromatic N) is 4. The summed E-state index contributed by atoms with van der Waals surface area (Å²) in [5.74, 6) is 6.44. The SMILES string of the molecule is C[C@H](Sc1nnc(-c2ccco2)n1N)C(=O)N1CC(=O)Nc2ccccc21. The quantitative estimate of drug-likeness (QED) is 0.519. The molecule has 0 bridgehead atoms. The van der Waals surface area contributed by atoms with Crippen molar-refractivity contribution < 1.29 is 14.0 Å². The monoisotopic (exact) mass is 384 g/mol. The molecule has 27 heavy (non-hydrogen) atoms. The molecule has 1 aliphatic heterocycles. The third kappa shape index (κ3) is 3.14. The van der Waals surface area contributed by atoms with Gasteiger partial charge in [0, 0.05) is 0 Å². The van der Waals surface area contributed by atoms with E-state index < -0.39 is 5.25 Å². The zero-order valence-corrected chi connectivity index (χ0v) is 15.1. The van der Waals surface area contributed by atoms with Crippen LogP contribution in [0.2, 0.25) is 0 Å². The molecule has 0 spiro atoms. The molecule has 3 N–H and O–H groups in total. The first-order valence-corrected chi connectivity index (χ1v) is 9.04. The fourth-order valence-electron chi connectivity index (χ4n) is 2.79. The number of hydrogen-bond acceptors (Lipinski definition) is 7. The van der Waals surface area contributed by atoms with Crippen LogP contribution >= 0.6 is 11.8 Å². The Labute approximate surface area is 158 Å². The number of benzene rings is 1. The topological polar surface area (TPSA) is 119 Å². The number of thioether (sulfide) groups is 1. The average molecular weight is 384 g/mol. The van der Waals surface area contributed by atoms with E-state index in [0.717, 1.165) is 0 Å². The van der Waals surface area contributed by atoms with Gasteiger partial charge < -0.3 is 15.6 Å². The molecule has 138 valence electrons. The number of nitrogens with two attached hydrogens (primary N) is 1. The summed E-state index contributed by atoms with van der Waals surface area (Å²) in [5.41, 5.74) is 1.28. The number of nitrogen functional groups attached to an aromatic ring is 1. The number of furan rings is 1. The lowest BCUT2D eigenvalue weighted by Crippen LogP contribution is -2.45. The largest absolute Gasteiger partial charge is 0.461 e. The summed E-state index contributed by atoms with van der Waals surface area (Å²) < 4.78 is 6.56. The minimum Gasteiger partial charge on any atom is -0.461 e. The zero-order valence-electron chi connectivity index (χ0n) is 14.3. The Morgan fingerprint density at radius 1 is 1.30 bits per heavy atom. The normalized spacial score (nSPS) is 14.6. The fourth-order valence-corrected chi connectivity index (χ4v) is 3.62. The lowest BCUT2D eigenvalue weighted by Gasteiger charge is -2.30. The van der Waals surface area contributed by atoms with Gasteiger partial charge in [-0.2, -0.15) is 0 Å².